The van der Waals surface area contributed by atoms with E-state index < -0.39 is 10.0 Å². The number of H-pyrrole nitrogens is 1. The van der Waals surface area contributed by atoms with Gasteiger partial charge >= 0.3 is 0 Å². The minimum atomic E-state index is -3.45. The first-order chi connectivity index (χ1) is 9.04. The molecule has 8 heteroatoms. The summed E-state index contributed by atoms with van der Waals surface area (Å²) in [5.41, 5.74) is 0. The Balaban J connectivity index is 2.09. The standard InChI is InChI=1S/C11H19ClN4O2S/c1-10-13-9-11(14-10)19(17,18)16-5-2-4-15(6-3-12)7-8-16/h9H,2-8H2,1H3,(H,13,14). The fraction of sp³-hybridized carbons (Fsp3) is 0.727. The Kier molecular flexibility index (Phi) is 4.83. The fourth-order valence-electron chi connectivity index (χ4n) is 2.20. The number of sulfonamides is 1. The highest BCUT2D eigenvalue weighted by Crippen LogP contribution is 2.15. The molecule has 1 aromatic heterocycles. The molecule has 1 aromatic rings. The Hall–Kier alpha value is -0.630. The van der Waals surface area contributed by atoms with Crippen LogP contribution >= 0.6 is 11.6 Å². The zero-order valence-electron chi connectivity index (χ0n) is 11.0. The summed E-state index contributed by atoms with van der Waals surface area (Å²) in [4.78, 5) is 8.95. The lowest BCUT2D eigenvalue weighted by Gasteiger charge is -2.20. The van der Waals surface area contributed by atoms with Gasteiger partial charge in [-0.25, -0.2) is 13.4 Å². The van der Waals surface area contributed by atoms with E-state index in [4.69, 9.17) is 11.6 Å². The third-order valence-electron chi connectivity index (χ3n) is 3.25. The van der Waals surface area contributed by atoms with E-state index in [2.05, 4.69) is 14.9 Å². The quantitative estimate of drug-likeness (QED) is 0.830. The lowest BCUT2D eigenvalue weighted by atomic mass is 10.4. The predicted molar refractivity (Wildman–Crippen MR) is 73.9 cm³/mol. The average Bonchev–Trinajstić information content (AvgIpc) is 2.66. The summed E-state index contributed by atoms with van der Waals surface area (Å²) in [6.45, 7) is 5.19. The van der Waals surface area contributed by atoms with Crippen LogP contribution < -0.4 is 0 Å². The molecule has 0 bridgehead atoms. The topological polar surface area (TPSA) is 69.3 Å². The molecule has 0 saturated carbocycles. The average molecular weight is 307 g/mol. The first-order valence-electron chi connectivity index (χ1n) is 6.34. The zero-order chi connectivity index (χ0) is 13.9. The van der Waals surface area contributed by atoms with Gasteiger partial charge in [0.1, 0.15) is 5.82 Å². The number of hydrogen-bond donors (Lipinski definition) is 1. The number of alkyl halides is 1. The van der Waals surface area contributed by atoms with E-state index >= 15 is 0 Å². The van der Waals surface area contributed by atoms with E-state index in [9.17, 15) is 8.42 Å². The van der Waals surface area contributed by atoms with Crippen LogP contribution in [0.25, 0.3) is 0 Å². The van der Waals surface area contributed by atoms with Crippen LogP contribution in [0.5, 0.6) is 0 Å². The van der Waals surface area contributed by atoms with Crippen molar-refractivity contribution >= 4 is 21.6 Å². The van der Waals surface area contributed by atoms with Crippen LogP contribution in [0.1, 0.15) is 12.2 Å². The van der Waals surface area contributed by atoms with Gasteiger partial charge in [-0.2, -0.15) is 4.31 Å². The number of aromatic amines is 1. The SMILES string of the molecule is Cc1ncc(S(=O)(=O)N2CCCN(CCCl)CC2)[nH]1. The van der Waals surface area contributed by atoms with Crippen molar-refractivity contribution in [3.63, 3.8) is 0 Å². The van der Waals surface area contributed by atoms with E-state index in [-0.39, 0.29) is 5.03 Å². The van der Waals surface area contributed by atoms with E-state index in [1.165, 1.54) is 10.5 Å². The molecule has 0 aliphatic carbocycles. The second kappa shape index (κ2) is 6.21. The highest BCUT2D eigenvalue weighted by atomic mass is 35.5. The molecule has 1 aliphatic heterocycles. The third-order valence-corrected chi connectivity index (χ3v) is 5.22. The van der Waals surface area contributed by atoms with E-state index in [0.717, 1.165) is 26.1 Å². The highest BCUT2D eigenvalue weighted by Gasteiger charge is 2.28. The van der Waals surface area contributed by atoms with E-state index in [1.54, 1.807) is 6.92 Å². The van der Waals surface area contributed by atoms with Crippen molar-refractivity contribution in [3.8, 4) is 0 Å². The number of aromatic nitrogens is 2. The van der Waals surface area contributed by atoms with Gasteiger partial charge in [0.15, 0.2) is 5.03 Å². The van der Waals surface area contributed by atoms with Gasteiger partial charge in [-0.15, -0.1) is 11.6 Å². The molecule has 0 unspecified atom stereocenters. The summed E-state index contributed by atoms with van der Waals surface area (Å²) < 4.78 is 26.4. The Morgan fingerprint density at radius 2 is 2.16 bits per heavy atom. The predicted octanol–water partition coefficient (Wildman–Crippen LogP) is 0.653. The Morgan fingerprint density at radius 3 is 2.79 bits per heavy atom. The molecule has 1 saturated heterocycles. The van der Waals surface area contributed by atoms with Crippen molar-refractivity contribution in [2.75, 3.05) is 38.6 Å². The summed E-state index contributed by atoms with van der Waals surface area (Å²) in [6.07, 6.45) is 2.20. The van der Waals surface area contributed by atoms with Gasteiger partial charge in [0.25, 0.3) is 10.0 Å². The van der Waals surface area contributed by atoms with Gasteiger partial charge in [-0.3, -0.25) is 0 Å². The molecule has 0 radical (unpaired) electrons. The molecule has 1 fully saturated rings. The second-order valence-corrected chi connectivity index (χ2v) is 6.91. The molecule has 0 amide bonds. The Bertz CT molecular complexity index is 517. The summed E-state index contributed by atoms with van der Waals surface area (Å²) in [6, 6.07) is 0. The summed E-state index contributed by atoms with van der Waals surface area (Å²) in [7, 11) is -3.45. The third kappa shape index (κ3) is 3.47. The monoisotopic (exact) mass is 306 g/mol. The number of rotatable bonds is 4. The van der Waals surface area contributed by atoms with Gasteiger partial charge in [-0.1, -0.05) is 0 Å². The van der Waals surface area contributed by atoms with Gasteiger partial charge < -0.3 is 9.88 Å². The van der Waals surface area contributed by atoms with Crippen molar-refractivity contribution in [3.05, 3.63) is 12.0 Å². The van der Waals surface area contributed by atoms with Crippen LogP contribution in [0, 0.1) is 6.92 Å². The number of imidazole rings is 1. The number of hydrogen-bond acceptors (Lipinski definition) is 4. The molecule has 0 spiro atoms. The Morgan fingerprint density at radius 1 is 1.37 bits per heavy atom. The van der Waals surface area contributed by atoms with Crippen LogP contribution in [0.3, 0.4) is 0 Å². The van der Waals surface area contributed by atoms with Crippen LogP contribution in [-0.4, -0.2) is 66.2 Å². The van der Waals surface area contributed by atoms with E-state index in [0.29, 0.717) is 24.8 Å². The molecule has 2 rings (SSSR count). The van der Waals surface area contributed by atoms with Gasteiger partial charge in [0.2, 0.25) is 0 Å². The summed E-state index contributed by atoms with van der Waals surface area (Å²) in [5.74, 6) is 1.18. The molecule has 19 heavy (non-hydrogen) atoms. The molecular formula is C11H19ClN4O2S. The van der Waals surface area contributed by atoms with Crippen LogP contribution in [0.4, 0.5) is 0 Å². The lowest BCUT2D eigenvalue weighted by molar-refractivity contribution is 0.303. The number of nitrogens with one attached hydrogen (secondary N) is 1. The molecule has 0 aromatic carbocycles. The highest BCUT2D eigenvalue weighted by molar-refractivity contribution is 7.89. The largest absolute Gasteiger partial charge is 0.332 e. The van der Waals surface area contributed by atoms with Gasteiger partial charge in [-0.05, 0) is 19.9 Å². The molecule has 6 nitrogen and oxygen atoms in total. The second-order valence-electron chi connectivity index (χ2n) is 4.62. The normalized spacial score (nSPS) is 19.5. The molecule has 0 atom stereocenters. The Labute approximate surface area is 118 Å². The zero-order valence-corrected chi connectivity index (χ0v) is 12.5. The fourth-order valence-corrected chi connectivity index (χ4v) is 3.87. The maximum absolute atomic E-state index is 12.4. The first kappa shape index (κ1) is 14.8. The van der Waals surface area contributed by atoms with Crippen molar-refractivity contribution in [2.45, 2.75) is 18.4 Å². The minimum Gasteiger partial charge on any atom is -0.332 e. The van der Waals surface area contributed by atoms with Crippen molar-refractivity contribution in [1.29, 1.82) is 0 Å². The lowest BCUT2D eigenvalue weighted by Crippen LogP contribution is -2.35. The minimum absolute atomic E-state index is 0.177. The van der Waals surface area contributed by atoms with Crippen molar-refractivity contribution < 1.29 is 8.42 Å². The summed E-state index contributed by atoms with van der Waals surface area (Å²) >= 11 is 5.73. The van der Waals surface area contributed by atoms with Crippen molar-refractivity contribution in [1.82, 2.24) is 19.2 Å². The maximum Gasteiger partial charge on any atom is 0.260 e. The van der Waals surface area contributed by atoms with Gasteiger partial charge in [0.05, 0.1) is 6.20 Å². The van der Waals surface area contributed by atoms with Crippen LogP contribution in [0.2, 0.25) is 0 Å². The number of aryl methyl sites for hydroxylation is 1. The summed E-state index contributed by atoms with van der Waals surface area (Å²) in [5, 5.41) is 0.177. The van der Waals surface area contributed by atoms with Crippen LogP contribution in [-0.2, 0) is 10.0 Å². The number of nitrogens with zero attached hydrogens (tertiary/aromatic N) is 3. The van der Waals surface area contributed by atoms with Crippen LogP contribution in [0.15, 0.2) is 11.2 Å². The van der Waals surface area contributed by atoms with Crippen molar-refractivity contribution in [2.24, 2.45) is 0 Å². The molecule has 108 valence electrons. The molecule has 2 heterocycles. The first-order valence-corrected chi connectivity index (χ1v) is 8.31. The molecular weight excluding hydrogens is 288 g/mol. The maximum atomic E-state index is 12.4. The smallest absolute Gasteiger partial charge is 0.260 e. The van der Waals surface area contributed by atoms with Gasteiger partial charge in [0, 0.05) is 32.1 Å². The molecule has 1 aliphatic rings. The molecule has 1 N–H and O–H groups in total. The number of halogens is 1. The van der Waals surface area contributed by atoms with E-state index in [1.807, 2.05) is 0 Å².